The number of piperazine rings is 1. The molecule has 2 aliphatic heterocycles. The first-order valence-corrected chi connectivity index (χ1v) is 16.3. The zero-order chi connectivity index (χ0) is 29.3. The van der Waals surface area contributed by atoms with Crippen LogP contribution >= 0.6 is 11.6 Å². The lowest BCUT2D eigenvalue weighted by Crippen LogP contribution is -2.49. The summed E-state index contributed by atoms with van der Waals surface area (Å²) < 4.78 is 20.5. The molecular weight excluding hydrogens is 558 g/mol. The second-order valence-corrected chi connectivity index (χ2v) is 13.5. The molecule has 2 fully saturated rings. The zero-order valence-electron chi connectivity index (χ0n) is 24.1. The van der Waals surface area contributed by atoms with Crippen LogP contribution < -0.4 is 15.1 Å². The van der Waals surface area contributed by atoms with Gasteiger partial charge in [-0.15, -0.1) is 0 Å². The van der Waals surface area contributed by atoms with E-state index < -0.39 is 9.73 Å². The largest absolute Gasteiger partial charge is 0.382 e. The van der Waals surface area contributed by atoms with Crippen LogP contribution in [0, 0.1) is 25.6 Å². The number of carbonyl (C=O) groups is 1. The first kappa shape index (κ1) is 29.1. The number of carbonyl (C=O) groups excluding carboxylic acids is 1. The number of benzene rings is 1. The van der Waals surface area contributed by atoms with Gasteiger partial charge in [0.15, 0.2) is 5.03 Å². The Labute approximate surface area is 247 Å². The van der Waals surface area contributed by atoms with Crippen molar-refractivity contribution in [2.24, 2.45) is 0 Å². The minimum absolute atomic E-state index is 0.0357. The van der Waals surface area contributed by atoms with E-state index in [-0.39, 0.29) is 5.91 Å². The van der Waals surface area contributed by atoms with Crippen molar-refractivity contribution in [3.8, 4) is 0 Å². The fourth-order valence-electron chi connectivity index (χ4n) is 6.02. The smallest absolute Gasteiger partial charge is 0.254 e. The van der Waals surface area contributed by atoms with Gasteiger partial charge in [-0.3, -0.25) is 4.79 Å². The molecule has 3 aromatic rings. The molecule has 0 radical (unpaired) electrons. The molecule has 0 unspecified atom stereocenters. The van der Waals surface area contributed by atoms with Crippen LogP contribution in [-0.4, -0.2) is 76.6 Å². The summed E-state index contributed by atoms with van der Waals surface area (Å²) in [5.74, 6) is 0.875. The summed E-state index contributed by atoms with van der Waals surface area (Å²) in [6.07, 6.45) is 6.64. The maximum absolute atomic E-state index is 13.9. The summed E-state index contributed by atoms with van der Waals surface area (Å²) in [4.78, 5) is 28.8. The number of piperidine rings is 1. The number of halogens is 1. The molecule has 9 nitrogen and oxygen atoms in total. The van der Waals surface area contributed by atoms with E-state index in [2.05, 4.69) is 38.1 Å². The van der Waals surface area contributed by atoms with Crippen LogP contribution in [0.25, 0.3) is 0 Å². The average molecular weight is 596 g/mol. The number of amides is 1. The van der Waals surface area contributed by atoms with Gasteiger partial charge in [0.05, 0.1) is 20.4 Å². The molecule has 0 spiro atoms. The fraction of sp³-hybridized carbons (Fsp3) is 0.433. The van der Waals surface area contributed by atoms with Crippen molar-refractivity contribution >= 4 is 44.4 Å². The van der Waals surface area contributed by atoms with Gasteiger partial charge in [0.25, 0.3) is 5.91 Å². The standard InChI is InChI=1S/C30H38ClN7O2S/c1-20-19-21(2)27(35-23-9-13-37(14-10-23)28-24(31)7-5-11-33-28)22(3)26(20)30(39)38-17-15-36(16-18-38)25-8-6-12-34-29(25)41(4,32)40/h5-8,11-12,19,23,32,35H,9-10,13-18H2,1-4H3/t41-/m0/s1. The maximum atomic E-state index is 13.9. The number of aromatic nitrogens is 2. The Kier molecular flexibility index (Phi) is 8.42. The fourth-order valence-corrected chi connectivity index (χ4v) is 7.12. The Bertz CT molecular complexity index is 1550. The van der Waals surface area contributed by atoms with E-state index in [0.29, 0.717) is 48.0 Å². The Balaban J connectivity index is 1.27. The molecule has 218 valence electrons. The first-order chi connectivity index (χ1) is 19.5. The third-order valence-electron chi connectivity index (χ3n) is 8.10. The topological polar surface area (TPSA) is 106 Å². The average Bonchev–Trinajstić information content (AvgIpc) is 2.95. The van der Waals surface area contributed by atoms with Crippen molar-refractivity contribution in [2.45, 2.75) is 44.7 Å². The number of hydrogen-bond acceptors (Lipinski definition) is 8. The molecule has 2 aliphatic rings. The van der Waals surface area contributed by atoms with E-state index in [4.69, 9.17) is 16.4 Å². The van der Waals surface area contributed by atoms with Crippen molar-refractivity contribution in [2.75, 3.05) is 60.6 Å². The lowest BCUT2D eigenvalue weighted by molar-refractivity contribution is 0.0745. The third kappa shape index (κ3) is 6.13. The van der Waals surface area contributed by atoms with Crippen molar-refractivity contribution in [3.63, 3.8) is 0 Å². The monoisotopic (exact) mass is 595 g/mol. The highest BCUT2D eigenvalue weighted by Crippen LogP contribution is 2.32. The van der Waals surface area contributed by atoms with Gasteiger partial charge in [-0.05, 0) is 74.6 Å². The normalized spacial score (nSPS) is 17.8. The second-order valence-electron chi connectivity index (χ2n) is 11.1. The molecule has 1 aromatic carbocycles. The van der Waals surface area contributed by atoms with Gasteiger partial charge in [0.2, 0.25) is 0 Å². The van der Waals surface area contributed by atoms with Gasteiger partial charge in [0.1, 0.15) is 5.82 Å². The van der Waals surface area contributed by atoms with Crippen molar-refractivity contribution < 1.29 is 9.00 Å². The van der Waals surface area contributed by atoms with E-state index in [1.807, 2.05) is 36.9 Å². The molecule has 0 saturated carbocycles. The Morgan fingerprint density at radius 2 is 1.63 bits per heavy atom. The highest BCUT2D eigenvalue weighted by Gasteiger charge is 2.29. The molecule has 1 amide bonds. The molecule has 2 saturated heterocycles. The Morgan fingerprint density at radius 1 is 0.976 bits per heavy atom. The minimum Gasteiger partial charge on any atom is -0.382 e. The predicted octanol–water partition coefficient (Wildman–Crippen LogP) is 5.13. The minimum atomic E-state index is -2.96. The van der Waals surface area contributed by atoms with Crippen molar-refractivity contribution in [3.05, 3.63) is 70.0 Å². The van der Waals surface area contributed by atoms with E-state index in [0.717, 1.165) is 59.7 Å². The molecule has 4 heterocycles. The van der Waals surface area contributed by atoms with Gasteiger partial charge in [-0.2, -0.15) is 0 Å². The van der Waals surface area contributed by atoms with E-state index in [1.165, 1.54) is 6.26 Å². The molecule has 11 heteroatoms. The van der Waals surface area contributed by atoms with E-state index in [9.17, 15) is 9.00 Å². The molecule has 2 aromatic heterocycles. The van der Waals surface area contributed by atoms with Gasteiger partial charge in [-0.25, -0.2) is 19.0 Å². The van der Waals surface area contributed by atoms with Gasteiger partial charge in [-0.1, -0.05) is 17.7 Å². The van der Waals surface area contributed by atoms with Crippen molar-refractivity contribution in [1.29, 1.82) is 4.78 Å². The SMILES string of the molecule is Cc1cc(C)c(C(=O)N2CCN(c3cccnc3[S@@](C)(=N)=O)CC2)c(C)c1NC1CCN(c2ncccc2Cl)CC1. The summed E-state index contributed by atoms with van der Waals surface area (Å²) in [6.45, 7) is 10.1. The summed E-state index contributed by atoms with van der Waals surface area (Å²) in [6, 6.07) is 9.78. The Morgan fingerprint density at radius 3 is 2.29 bits per heavy atom. The van der Waals surface area contributed by atoms with Crippen LogP contribution in [0.2, 0.25) is 5.02 Å². The van der Waals surface area contributed by atoms with Crippen LogP contribution in [0.3, 0.4) is 0 Å². The van der Waals surface area contributed by atoms with Crippen LogP contribution in [0.4, 0.5) is 17.2 Å². The molecule has 0 bridgehead atoms. The van der Waals surface area contributed by atoms with Crippen LogP contribution in [0.15, 0.2) is 47.8 Å². The Hall–Kier alpha value is -3.37. The molecule has 0 aliphatic carbocycles. The van der Waals surface area contributed by atoms with Crippen molar-refractivity contribution in [1.82, 2.24) is 14.9 Å². The number of hydrogen-bond donors (Lipinski definition) is 2. The third-order valence-corrected chi connectivity index (χ3v) is 9.44. The number of aryl methyl sites for hydroxylation is 2. The lowest BCUT2D eigenvalue weighted by Gasteiger charge is -2.37. The molecule has 2 N–H and O–H groups in total. The number of rotatable bonds is 6. The van der Waals surface area contributed by atoms with Crippen LogP contribution in [0.5, 0.6) is 0 Å². The molecular formula is C30H38ClN7O2S. The second kappa shape index (κ2) is 11.9. The zero-order valence-corrected chi connectivity index (χ0v) is 25.7. The predicted molar refractivity (Wildman–Crippen MR) is 166 cm³/mol. The van der Waals surface area contributed by atoms with Crippen LogP contribution in [0.1, 0.15) is 39.9 Å². The van der Waals surface area contributed by atoms with Gasteiger partial charge >= 0.3 is 0 Å². The number of nitrogens with zero attached hydrogens (tertiary/aromatic N) is 5. The molecule has 1 atom stereocenters. The van der Waals surface area contributed by atoms with E-state index >= 15 is 0 Å². The summed E-state index contributed by atoms with van der Waals surface area (Å²) in [5, 5.41) is 4.74. The van der Waals surface area contributed by atoms with Crippen LogP contribution in [-0.2, 0) is 9.73 Å². The molecule has 5 rings (SSSR count). The van der Waals surface area contributed by atoms with E-state index in [1.54, 1.807) is 18.5 Å². The van der Waals surface area contributed by atoms with Gasteiger partial charge < -0.3 is 20.0 Å². The quantitative estimate of drug-likeness (QED) is 0.407. The lowest BCUT2D eigenvalue weighted by atomic mass is 9.94. The molecule has 41 heavy (non-hydrogen) atoms. The first-order valence-electron chi connectivity index (χ1n) is 14.0. The highest BCUT2D eigenvalue weighted by atomic mass is 35.5. The number of nitrogens with one attached hydrogen (secondary N) is 2. The summed E-state index contributed by atoms with van der Waals surface area (Å²) >= 11 is 6.37. The summed E-state index contributed by atoms with van der Waals surface area (Å²) in [5.41, 5.74) is 5.62. The van der Waals surface area contributed by atoms with Gasteiger partial charge in [0, 0.05) is 75.2 Å². The maximum Gasteiger partial charge on any atom is 0.254 e. The summed E-state index contributed by atoms with van der Waals surface area (Å²) in [7, 11) is -2.96. The highest BCUT2D eigenvalue weighted by molar-refractivity contribution is 7.91. The number of anilines is 3. The number of pyridine rings is 2.